The molecule has 2 aliphatic carbocycles. The third-order valence-corrected chi connectivity index (χ3v) is 4.72. The number of benzene rings is 1. The van der Waals surface area contributed by atoms with Gasteiger partial charge in [0.25, 0.3) is 0 Å². The summed E-state index contributed by atoms with van der Waals surface area (Å²) in [4.78, 5) is 0. The van der Waals surface area contributed by atoms with Crippen LogP contribution < -0.4 is 0 Å². The average molecular weight is 288 g/mol. The topological polar surface area (TPSA) is 20.2 Å². The van der Waals surface area contributed by atoms with Crippen LogP contribution in [0.15, 0.2) is 18.2 Å². The molecular formula is C15H16F4O. The minimum atomic E-state index is -4.73. The number of halogens is 4. The molecule has 0 aromatic heterocycles. The fourth-order valence-corrected chi connectivity index (χ4v) is 3.68. The standard InChI is InChI=1S/C15H16F4O/c16-12-6-5-8(7-11(12)15(17,18)19)14(20)13-9-3-1-2-4-10(9)13/h5-7,9-10,13-14,20H,1-4H2. The van der Waals surface area contributed by atoms with E-state index in [9.17, 15) is 22.7 Å². The normalized spacial score (nSPS) is 30.8. The second-order valence-corrected chi connectivity index (χ2v) is 5.87. The molecule has 1 N–H and O–H groups in total. The van der Waals surface area contributed by atoms with Crippen molar-refractivity contribution in [3.63, 3.8) is 0 Å². The van der Waals surface area contributed by atoms with Crippen LogP contribution in [0.1, 0.15) is 42.9 Å². The molecule has 0 heterocycles. The molecule has 0 spiro atoms. The van der Waals surface area contributed by atoms with Crippen LogP contribution in [0.3, 0.4) is 0 Å². The molecule has 0 saturated heterocycles. The summed E-state index contributed by atoms with van der Waals surface area (Å²) in [6, 6.07) is 2.82. The molecule has 0 amide bonds. The van der Waals surface area contributed by atoms with Crippen LogP contribution in [0, 0.1) is 23.6 Å². The molecule has 5 heteroatoms. The van der Waals surface area contributed by atoms with Gasteiger partial charge in [-0.05, 0) is 48.3 Å². The van der Waals surface area contributed by atoms with Crippen molar-refractivity contribution >= 4 is 0 Å². The average Bonchev–Trinajstić information content (AvgIpc) is 3.11. The Labute approximate surface area is 114 Å². The van der Waals surface area contributed by atoms with Gasteiger partial charge in [-0.2, -0.15) is 13.2 Å². The van der Waals surface area contributed by atoms with Crippen LogP contribution in [0.2, 0.25) is 0 Å². The first kappa shape index (κ1) is 13.9. The van der Waals surface area contributed by atoms with Gasteiger partial charge in [0.2, 0.25) is 0 Å². The minimum absolute atomic E-state index is 0.0454. The smallest absolute Gasteiger partial charge is 0.388 e. The molecular weight excluding hydrogens is 272 g/mol. The fourth-order valence-electron chi connectivity index (χ4n) is 3.68. The van der Waals surface area contributed by atoms with Gasteiger partial charge in [-0.3, -0.25) is 0 Å². The predicted octanol–water partition coefficient (Wildman–Crippen LogP) is 4.31. The van der Waals surface area contributed by atoms with Gasteiger partial charge in [-0.1, -0.05) is 18.9 Å². The Kier molecular flexibility index (Phi) is 3.27. The van der Waals surface area contributed by atoms with Crippen LogP contribution in [-0.4, -0.2) is 5.11 Å². The van der Waals surface area contributed by atoms with Crippen molar-refractivity contribution in [2.45, 2.75) is 38.0 Å². The molecule has 0 aliphatic heterocycles. The van der Waals surface area contributed by atoms with Crippen LogP contribution in [-0.2, 0) is 6.18 Å². The number of hydrogen-bond donors (Lipinski definition) is 1. The Hall–Kier alpha value is -1.10. The van der Waals surface area contributed by atoms with E-state index in [4.69, 9.17) is 0 Å². The summed E-state index contributed by atoms with van der Waals surface area (Å²) in [7, 11) is 0. The lowest BCUT2D eigenvalue weighted by molar-refractivity contribution is -0.140. The summed E-state index contributed by atoms with van der Waals surface area (Å²) in [5, 5.41) is 10.3. The molecule has 1 nitrogen and oxygen atoms in total. The summed E-state index contributed by atoms with van der Waals surface area (Å²) in [5.41, 5.74) is -1.12. The number of fused-ring (bicyclic) bond motifs is 1. The van der Waals surface area contributed by atoms with Gasteiger partial charge in [0.1, 0.15) is 5.82 Å². The van der Waals surface area contributed by atoms with E-state index in [-0.39, 0.29) is 11.5 Å². The fraction of sp³-hybridized carbons (Fsp3) is 0.600. The molecule has 3 rings (SSSR count). The van der Waals surface area contributed by atoms with E-state index in [1.165, 1.54) is 6.07 Å². The molecule has 3 atom stereocenters. The lowest BCUT2D eigenvalue weighted by Crippen LogP contribution is -2.11. The summed E-state index contributed by atoms with van der Waals surface area (Å²) in [6.07, 6.45) is -1.30. The summed E-state index contributed by atoms with van der Waals surface area (Å²) in [5.74, 6) is -0.387. The molecule has 0 bridgehead atoms. The quantitative estimate of drug-likeness (QED) is 0.804. The maximum absolute atomic E-state index is 13.2. The molecule has 2 saturated carbocycles. The summed E-state index contributed by atoms with van der Waals surface area (Å²) >= 11 is 0. The highest BCUT2D eigenvalue weighted by Crippen LogP contribution is 2.60. The minimum Gasteiger partial charge on any atom is -0.388 e. The third kappa shape index (κ3) is 2.32. The number of hydrogen-bond acceptors (Lipinski definition) is 1. The van der Waals surface area contributed by atoms with Crippen molar-refractivity contribution in [2.75, 3.05) is 0 Å². The van der Waals surface area contributed by atoms with Crippen molar-refractivity contribution in [1.29, 1.82) is 0 Å². The maximum Gasteiger partial charge on any atom is 0.419 e. The van der Waals surface area contributed by atoms with Crippen molar-refractivity contribution in [3.8, 4) is 0 Å². The lowest BCUT2D eigenvalue weighted by atomic mass is 10.00. The van der Waals surface area contributed by atoms with Gasteiger partial charge in [-0.25, -0.2) is 4.39 Å². The van der Waals surface area contributed by atoms with Crippen LogP contribution in [0.5, 0.6) is 0 Å². The van der Waals surface area contributed by atoms with Crippen molar-refractivity contribution in [2.24, 2.45) is 17.8 Å². The van der Waals surface area contributed by atoms with Gasteiger partial charge in [0, 0.05) is 0 Å². The zero-order valence-corrected chi connectivity index (χ0v) is 10.8. The Balaban J connectivity index is 1.84. The highest BCUT2D eigenvalue weighted by atomic mass is 19.4. The molecule has 1 aromatic rings. The number of alkyl halides is 3. The highest BCUT2D eigenvalue weighted by Gasteiger charge is 2.54. The molecule has 110 valence electrons. The Morgan fingerprint density at radius 2 is 1.70 bits per heavy atom. The molecule has 2 aliphatic rings. The maximum atomic E-state index is 13.2. The SMILES string of the molecule is OC(c1ccc(F)c(C(F)(F)F)c1)C1C2CCCCC21. The second-order valence-electron chi connectivity index (χ2n) is 5.87. The Bertz CT molecular complexity index is 499. The van der Waals surface area contributed by atoms with E-state index in [1.807, 2.05) is 0 Å². The molecule has 2 fully saturated rings. The summed E-state index contributed by atoms with van der Waals surface area (Å²) < 4.78 is 51.3. The second kappa shape index (κ2) is 4.72. The third-order valence-electron chi connectivity index (χ3n) is 4.72. The van der Waals surface area contributed by atoms with Gasteiger partial charge < -0.3 is 5.11 Å². The number of aliphatic hydroxyl groups excluding tert-OH is 1. The van der Waals surface area contributed by atoms with Crippen LogP contribution in [0.4, 0.5) is 17.6 Å². The van der Waals surface area contributed by atoms with E-state index in [2.05, 4.69) is 0 Å². The zero-order chi connectivity index (χ0) is 14.5. The Morgan fingerprint density at radius 1 is 1.10 bits per heavy atom. The first-order valence-corrected chi connectivity index (χ1v) is 6.94. The first-order chi connectivity index (χ1) is 9.39. The van der Waals surface area contributed by atoms with E-state index >= 15 is 0 Å². The Morgan fingerprint density at radius 3 is 2.25 bits per heavy atom. The molecule has 3 unspecified atom stereocenters. The number of rotatable bonds is 2. The van der Waals surface area contributed by atoms with Gasteiger partial charge >= 0.3 is 6.18 Å². The predicted molar refractivity (Wildman–Crippen MR) is 65.3 cm³/mol. The first-order valence-electron chi connectivity index (χ1n) is 6.94. The lowest BCUT2D eigenvalue weighted by Gasteiger charge is -2.14. The van der Waals surface area contributed by atoms with Gasteiger partial charge in [-0.15, -0.1) is 0 Å². The van der Waals surface area contributed by atoms with Gasteiger partial charge in [0.05, 0.1) is 11.7 Å². The monoisotopic (exact) mass is 288 g/mol. The largest absolute Gasteiger partial charge is 0.419 e. The van der Waals surface area contributed by atoms with Crippen LogP contribution >= 0.6 is 0 Å². The zero-order valence-electron chi connectivity index (χ0n) is 10.8. The van der Waals surface area contributed by atoms with Crippen LogP contribution in [0.25, 0.3) is 0 Å². The van der Waals surface area contributed by atoms with Gasteiger partial charge in [0.15, 0.2) is 0 Å². The van der Waals surface area contributed by atoms with E-state index in [0.29, 0.717) is 11.8 Å². The summed E-state index contributed by atoms with van der Waals surface area (Å²) in [6.45, 7) is 0. The molecule has 20 heavy (non-hydrogen) atoms. The highest BCUT2D eigenvalue weighted by molar-refractivity contribution is 5.30. The molecule has 1 aromatic carbocycles. The van der Waals surface area contributed by atoms with E-state index in [1.54, 1.807) is 0 Å². The number of aliphatic hydroxyl groups is 1. The van der Waals surface area contributed by atoms with E-state index in [0.717, 1.165) is 37.8 Å². The molecule has 0 radical (unpaired) electrons. The van der Waals surface area contributed by atoms with E-state index < -0.39 is 23.7 Å². The van der Waals surface area contributed by atoms with Crippen molar-refractivity contribution in [1.82, 2.24) is 0 Å². The van der Waals surface area contributed by atoms with Crippen molar-refractivity contribution in [3.05, 3.63) is 35.1 Å². The van der Waals surface area contributed by atoms with Crippen molar-refractivity contribution < 1.29 is 22.7 Å².